The number of rotatable bonds is 3. The van der Waals surface area contributed by atoms with E-state index in [2.05, 4.69) is 10.2 Å². The second-order valence-electron chi connectivity index (χ2n) is 4.64. The molecule has 0 saturated carbocycles. The Bertz CT molecular complexity index is 361. The number of likely N-dealkylation sites (tertiary alicyclic amines) is 1. The average molecular weight is 240 g/mol. The third-order valence-electron chi connectivity index (χ3n) is 3.24. The molecule has 1 aliphatic heterocycles. The Morgan fingerprint density at radius 3 is 2.65 bits per heavy atom. The number of hydrogen-bond acceptors (Lipinski definition) is 2. The van der Waals surface area contributed by atoms with Crippen molar-refractivity contribution >= 4 is 0 Å². The van der Waals surface area contributed by atoms with Crippen LogP contribution in [0.15, 0.2) is 18.2 Å². The van der Waals surface area contributed by atoms with E-state index in [0.717, 1.165) is 25.6 Å². The molecule has 1 aromatic carbocycles. The lowest BCUT2D eigenvalue weighted by Crippen LogP contribution is -2.43. The molecule has 17 heavy (non-hydrogen) atoms. The second-order valence-corrected chi connectivity index (χ2v) is 4.64. The lowest BCUT2D eigenvalue weighted by atomic mass is 10.0. The molecule has 0 spiro atoms. The van der Waals surface area contributed by atoms with Crippen molar-refractivity contribution in [2.45, 2.75) is 25.4 Å². The van der Waals surface area contributed by atoms with Crippen LogP contribution in [0.3, 0.4) is 0 Å². The SMILES string of the molecule is CNC1CCCN(Cc2cc(F)cc(F)c2)C1. The van der Waals surface area contributed by atoms with Gasteiger partial charge in [0, 0.05) is 25.2 Å². The van der Waals surface area contributed by atoms with Crippen LogP contribution in [-0.4, -0.2) is 31.1 Å². The van der Waals surface area contributed by atoms with Gasteiger partial charge in [0.05, 0.1) is 0 Å². The standard InChI is InChI=1S/C13H18F2N2/c1-16-13-3-2-4-17(9-13)8-10-5-11(14)7-12(15)6-10/h5-7,13,16H,2-4,8-9H2,1H3. The Kier molecular flexibility index (Phi) is 4.07. The molecule has 2 rings (SSSR count). The number of nitrogens with one attached hydrogen (secondary N) is 1. The van der Waals surface area contributed by atoms with Gasteiger partial charge in [-0.2, -0.15) is 0 Å². The van der Waals surface area contributed by atoms with Crippen LogP contribution in [0.25, 0.3) is 0 Å². The molecule has 1 aliphatic rings. The van der Waals surface area contributed by atoms with E-state index >= 15 is 0 Å². The van der Waals surface area contributed by atoms with Crippen molar-refractivity contribution in [1.82, 2.24) is 10.2 Å². The lowest BCUT2D eigenvalue weighted by Gasteiger charge is -2.32. The maximum atomic E-state index is 13.1. The number of piperidine rings is 1. The van der Waals surface area contributed by atoms with Crippen LogP contribution < -0.4 is 5.32 Å². The fourth-order valence-electron chi connectivity index (χ4n) is 2.40. The summed E-state index contributed by atoms with van der Waals surface area (Å²) in [6, 6.07) is 4.22. The van der Waals surface area contributed by atoms with Gasteiger partial charge in [0.15, 0.2) is 0 Å². The van der Waals surface area contributed by atoms with Crippen LogP contribution >= 0.6 is 0 Å². The third-order valence-corrected chi connectivity index (χ3v) is 3.24. The molecule has 0 bridgehead atoms. The van der Waals surface area contributed by atoms with Gasteiger partial charge in [-0.3, -0.25) is 4.90 Å². The van der Waals surface area contributed by atoms with Crippen molar-refractivity contribution in [2.75, 3.05) is 20.1 Å². The predicted molar refractivity (Wildman–Crippen MR) is 63.7 cm³/mol. The van der Waals surface area contributed by atoms with Crippen LogP contribution in [0.2, 0.25) is 0 Å². The highest BCUT2D eigenvalue weighted by Crippen LogP contribution is 2.15. The van der Waals surface area contributed by atoms with E-state index in [4.69, 9.17) is 0 Å². The highest BCUT2D eigenvalue weighted by atomic mass is 19.1. The van der Waals surface area contributed by atoms with Crippen molar-refractivity contribution in [3.8, 4) is 0 Å². The van der Waals surface area contributed by atoms with Crippen LogP contribution in [0.5, 0.6) is 0 Å². The van der Waals surface area contributed by atoms with E-state index in [1.54, 1.807) is 0 Å². The smallest absolute Gasteiger partial charge is 0.126 e. The van der Waals surface area contributed by atoms with E-state index in [1.807, 2.05) is 7.05 Å². The first-order valence-electron chi connectivity index (χ1n) is 6.02. The average Bonchev–Trinajstić information content (AvgIpc) is 2.28. The fraction of sp³-hybridized carbons (Fsp3) is 0.538. The van der Waals surface area contributed by atoms with Crippen LogP contribution in [0.4, 0.5) is 8.78 Å². The minimum absolute atomic E-state index is 0.488. The minimum Gasteiger partial charge on any atom is -0.316 e. The summed E-state index contributed by atoms with van der Waals surface area (Å²) in [4.78, 5) is 2.24. The summed E-state index contributed by atoms with van der Waals surface area (Å²) in [6.45, 7) is 2.55. The van der Waals surface area contributed by atoms with E-state index < -0.39 is 11.6 Å². The van der Waals surface area contributed by atoms with Gasteiger partial charge in [-0.1, -0.05) is 0 Å². The molecule has 1 heterocycles. The highest BCUT2D eigenvalue weighted by Gasteiger charge is 2.18. The largest absolute Gasteiger partial charge is 0.316 e. The van der Waals surface area contributed by atoms with Gasteiger partial charge in [0.25, 0.3) is 0 Å². The lowest BCUT2D eigenvalue weighted by molar-refractivity contribution is 0.187. The number of hydrogen-bond donors (Lipinski definition) is 1. The molecule has 1 atom stereocenters. The van der Waals surface area contributed by atoms with E-state index in [9.17, 15) is 8.78 Å². The van der Waals surface area contributed by atoms with Gasteiger partial charge < -0.3 is 5.32 Å². The topological polar surface area (TPSA) is 15.3 Å². The normalized spacial score (nSPS) is 21.7. The molecule has 1 N–H and O–H groups in total. The van der Waals surface area contributed by atoms with Crippen molar-refractivity contribution in [3.63, 3.8) is 0 Å². The van der Waals surface area contributed by atoms with Crippen LogP contribution in [0, 0.1) is 11.6 Å². The number of halogens is 2. The monoisotopic (exact) mass is 240 g/mol. The molecular formula is C13H18F2N2. The molecular weight excluding hydrogens is 222 g/mol. The summed E-state index contributed by atoms with van der Waals surface area (Å²) in [7, 11) is 1.95. The van der Waals surface area contributed by atoms with E-state index in [1.165, 1.54) is 18.6 Å². The number of benzene rings is 1. The molecule has 94 valence electrons. The quantitative estimate of drug-likeness (QED) is 0.871. The van der Waals surface area contributed by atoms with Gasteiger partial charge in [-0.15, -0.1) is 0 Å². The van der Waals surface area contributed by atoms with Gasteiger partial charge in [-0.05, 0) is 44.1 Å². The Labute approximate surface area is 101 Å². The Morgan fingerprint density at radius 2 is 2.00 bits per heavy atom. The zero-order valence-corrected chi connectivity index (χ0v) is 10.0. The summed E-state index contributed by atoms with van der Waals surface area (Å²) >= 11 is 0. The van der Waals surface area contributed by atoms with Crippen molar-refractivity contribution in [2.24, 2.45) is 0 Å². The Balaban J connectivity index is 2.00. The van der Waals surface area contributed by atoms with Gasteiger partial charge in [0.2, 0.25) is 0 Å². The molecule has 1 saturated heterocycles. The number of likely N-dealkylation sites (N-methyl/N-ethyl adjacent to an activating group) is 1. The first-order valence-corrected chi connectivity index (χ1v) is 6.02. The molecule has 2 nitrogen and oxygen atoms in total. The molecule has 1 fully saturated rings. The number of nitrogens with zero attached hydrogens (tertiary/aromatic N) is 1. The summed E-state index contributed by atoms with van der Waals surface area (Å²) in [5, 5.41) is 3.25. The highest BCUT2D eigenvalue weighted by molar-refractivity contribution is 5.17. The molecule has 1 aromatic rings. The Hall–Kier alpha value is -1.00. The van der Waals surface area contributed by atoms with E-state index in [0.29, 0.717) is 18.2 Å². The summed E-state index contributed by atoms with van der Waals surface area (Å²) in [5.74, 6) is -0.996. The first kappa shape index (κ1) is 12.5. The summed E-state index contributed by atoms with van der Waals surface area (Å²) in [6.07, 6.45) is 2.30. The summed E-state index contributed by atoms with van der Waals surface area (Å²) in [5.41, 5.74) is 0.708. The molecule has 0 amide bonds. The molecule has 0 radical (unpaired) electrons. The first-order chi connectivity index (χ1) is 8.17. The second kappa shape index (κ2) is 5.56. The summed E-state index contributed by atoms with van der Waals surface area (Å²) < 4.78 is 26.1. The molecule has 1 unspecified atom stereocenters. The zero-order chi connectivity index (χ0) is 12.3. The molecule has 4 heteroatoms. The third kappa shape index (κ3) is 3.48. The maximum absolute atomic E-state index is 13.1. The maximum Gasteiger partial charge on any atom is 0.126 e. The van der Waals surface area contributed by atoms with Crippen molar-refractivity contribution in [3.05, 3.63) is 35.4 Å². The predicted octanol–water partition coefficient (Wildman–Crippen LogP) is 2.15. The Morgan fingerprint density at radius 1 is 1.29 bits per heavy atom. The molecule has 0 aromatic heterocycles. The van der Waals surface area contributed by atoms with Crippen LogP contribution in [-0.2, 0) is 6.54 Å². The molecule has 0 aliphatic carbocycles. The minimum atomic E-state index is -0.498. The van der Waals surface area contributed by atoms with E-state index in [-0.39, 0.29) is 0 Å². The fourth-order valence-corrected chi connectivity index (χ4v) is 2.40. The van der Waals surface area contributed by atoms with Crippen molar-refractivity contribution in [1.29, 1.82) is 0 Å². The van der Waals surface area contributed by atoms with Gasteiger partial charge in [-0.25, -0.2) is 8.78 Å². The van der Waals surface area contributed by atoms with Gasteiger partial charge in [0.1, 0.15) is 11.6 Å². The van der Waals surface area contributed by atoms with Crippen molar-refractivity contribution < 1.29 is 8.78 Å². The van der Waals surface area contributed by atoms with Crippen LogP contribution in [0.1, 0.15) is 18.4 Å². The van der Waals surface area contributed by atoms with Gasteiger partial charge >= 0.3 is 0 Å². The zero-order valence-electron chi connectivity index (χ0n) is 10.0.